The summed E-state index contributed by atoms with van der Waals surface area (Å²) in [6, 6.07) is 0. The van der Waals surface area contributed by atoms with E-state index in [4.69, 9.17) is 10.5 Å². The van der Waals surface area contributed by atoms with Gasteiger partial charge in [0, 0.05) is 6.26 Å². The van der Waals surface area contributed by atoms with Gasteiger partial charge in [-0.25, -0.2) is 0 Å². The first kappa shape index (κ1) is 17.1. The number of allylic oxidation sites excluding steroid dienone is 1. The van der Waals surface area contributed by atoms with Crippen LogP contribution in [0.3, 0.4) is 0 Å². The van der Waals surface area contributed by atoms with Gasteiger partial charge < -0.3 is 10.5 Å². The van der Waals surface area contributed by atoms with Gasteiger partial charge in [-0.3, -0.25) is 9.11 Å². The molecule has 0 aliphatic rings. The molecule has 0 saturated heterocycles. The lowest BCUT2D eigenvalue weighted by atomic mass is 10.4. The predicted octanol–water partition coefficient (Wildman–Crippen LogP) is 1.87. The van der Waals surface area contributed by atoms with Gasteiger partial charge in [0.25, 0.3) is 5.78 Å². The molecule has 0 saturated carbocycles. The normalized spacial score (nSPS) is 12.8. The standard InChI is InChI=1S/C9H14N6O3S.C2H6/c1-4-5(18-2)6-11-8-13-9(19(3,16)17)12-7(10)15(8)14-6;1-2/h4,16-17H,1-3H3,(H2,10,11,12,13,14);1-2H3/b5-4-;. The van der Waals surface area contributed by atoms with Crippen LogP contribution in [0.15, 0.2) is 11.2 Å². The lowest BCUT2D eigenvalue weighted by molar-refractivity contribution is 0.365. The molecular formula is C11H20N6O3S. The fourth-order valence-electron chi connectivity index (χ4n) is 1.40. The maximum absolute atomic E-state index is 9.55. The summed E-state index contributed by atoms with van der Waals surface area (Å²) < 4.78 is 25.4. The predicted molar refractivity (Wildman–Crippen MR) is 82.0 cm³/mol. The van der Waals surface area contributed by atoms with Crippen molar-refractivity contribution >= 4 is 28.1 Å². The van der Waals surface area contributed by atoms with Crippen LogP contribution in [0, 0.1) is 0 Å². The Morgan fingerprint density at radius 1 is 1.29 bits per heavy atom. The third kappa shape index (κ3) is 3.60. The first-order valence-electron chi connectivity index (χ1n) is 6.21. The van der Waals surface area contributed by atoms with E-state index in [1.54, 1.807) is 13.0 Å². The fourth-order valence-corrected chi connectivity index (χ4v) is 1.92. The van der Waals surface area contributed by atoms with Crippen molar-refractivity contribution in [1.82, 2.24) is 24.6 Å². The molecule has 0 unspecified atom stereocenters. The average molecular weight is 316 g/mol. The fraction of sp³-hybridized carbons (Fsp3) is 0.455. The van der Waals surface area contributed by atoms with Crippen LogP contribution in [0.5, 0.6) is 0 Å². The summed E-state index contributed by atoms with van der Waals surface area (Å²) in [5.74, 6) is 0.827. The highest BCUT2D eigenvalue weighted by atomic mass is 32.3. The molecule has 4 N–H and O–H groups in total. The van der Waals surface area contributed by atoms with Crippen molar-refractivity contribution < 1.29 is 13.8 Å². The minimum absolute atomic E-state index is 0.0351. The molecule has 0 fully saturated rings. The number of anilines is 1. The Morgan fingerprint density at radius 2 is 1.90 bits per heavy atom. The van der Waals surface area contributed by atoms with E-state index >= 15 is 0 Å². The van der Waals surface area contributed by atoms with Crippen LogP contribution in [0.4, 0.5) is 5.95 Å². The van der Waals surface area contributed by atoms with Crippen molar-refractivity contribution in [1.29, 1.82) is 0 Å². The third-order valence-electron chi connectivity index (χ3n) is 2.26. The van der Waals surface area contributed by atoms with Gasteiger partial charge in [0.15, 0.2) is 5.76 Å². The molecule has 2 aromatic heterocycles. The third-order valence-corrected chi connectivity index (χ3v) is 3.14. The summed E-state index contributed by atoms with van der Waals surface area (Å²) in [7, 11) is -1.58. The highest BCUT2D eigenvalue weighted by Crippen LogP contribution is 2.41. The zero-order chi connectivity index (χ0) is 16.2. The van der Waals surface area contributed by atoms with Crippen molar-refractivity contribution in [3.05, 3.63) is 11.9 Å². The van der Waals surface area contributed by atoms with Crippen molar-refractivity contribution in [2.75, 3.05) is 19.1 Å². The second-order valence-electron chi connectivity index (χ2n) is 3.70. The number of nitrogens with two attached hydrogens (primary N) is 1. The number of fused-ring (bicyclic) bond motifs is 1. The number of aromatic nitrogens is 5. The van der Waals surface area contributed by atoms with E-state index in [-0.39, 0.29) is 22.7 Å². The van der Waals surface area contributed by atoms with Gasteiger partial charge in [-0.2, -0.15) is 19.5 Å². The Kier molecular flexibility index (Phi) is 5.47. The van der Waals surface area contributed by atoms with Crippen LogP contribution in [0.25, 0.3) is 11.5 Å². The maximum Gasteiger partial charge on any atom is 0.259 e. The van der Waals surface area contributed by atoms with Crippen LogP contribution in [0.1, 0.15) is 26.6 Å². The summed E-state index contributed by atoms with van der Waals surface area (Å²) in [5, 5.41) is 3.92. The molecule has 21 heavy (non-hydrogen) atoms. The Balaban J connectivity index is 0.00000106. The monoisotopic (exact) mass is 316 g/mol. The van der Waals surface area contributed by atoms with Crippen LogP contribution in [0.2, 0.25) is 0 Å². The molecule has 9 nitrogen and oxygen atoms in total. The van der Waals surface area contributed by atoms with Gasteiger partial charge in [-0.15, -0.1) is 15.7 Å². The van der Waals surface area contributed by atoms with Crippen LogP contribution in [-0.4, -0.2) is 47.0 Å². The SMILES string of the molecule is C/C=C(\OC)c1nc2nc(S(C)(O)O)nc(N)n2n1.CC. The summed E-state index contributed by atoms with van der Waals surface area (Å²) in [5.41, 5.74) is 5.69. The molecular weight excluding hydrogens is 296 g/mol. The van der Waals surface area contributed by atoms with Gasteiger partial charge in [0.05, 0.1) is 7.11 Å². The van der Waals surface area contributed by atoms with Crippen molar-refractivity contribution in [3.63, 3.8) is 0 Å². The van der Waals surface area contributed by atoms with Crippen LogP contribution in [-0.2, 0) is 4.74 Å². The lowest BCUT2D eigenvalue weighted by Gasteiger charge is -2.23. The highest BCUT2D eigenvalue weighted by Gasteiger charge is 2.18. The zero-order valence-corrected chi connectivity index (χ0v) is 13.4. The topological polar surface area (TPSA) is 132 Å². The molecule has 0 radical (unpaired) electrons. The maximum atomic E-state index is 9.55. The second kappa shape index (κ2) is 6.70. The van der Waals surface area contributed by atoms with E-state index in [9.17, 15) is 9.11 Å². The molecule has 0 bridgehead atoms. The summed E-state index contributed by atoms with van der Waals surface area (Å²) in [4.78, 5) is 11.8. The zero-order valence-electron chi connectivity index (χ0n) is 12.6. The Bertz CT molecular complexity index is 649. The molecule has 0 aliphatic carbocycles. The molecule has 0 amide bonds. The van der Waals surface area contributed by atoms with E-state index in [1.807, 2.05) is 13.8 Å². The van der Waals surface area contributed by atoms with E-state index in [0.29, 0.717) is 5.76 Å². The average Bonchev–Trinajstić information content (AvgIpc) is 2.86. The first-order chi connectivity index (χ1) is 9.86. The molecule has 0 atom stereocenters. The molecule has 2 aromatic rings. The molecule has 2 rings (SSSR count). The first-order valence-corrected chi connectivity index (χ1v) is 8.16. The van der Waals surface area contributed by atoms with E-state index in [0.717, 1.165) is 0 Å². The molecule has 0 aromatic carbocycles. The van der Waals surface area contributed by atoms with Crippen molar-refractivity contribution in [3.8, 4) is 0 Å². The quantitative estimate of drug-likeness (QED) is 0.731. The molecule has 118 valence electrons. The van der Waals surface area contributed by atoms with Gasteiger partial charge >= 0.3 is 0 Å². The highest BCUT2D eigenvalue weighted by molar-refractivity contribution is 8.23. The van der Waals surface area contributed by atoms with Crippen molar-refractivity contribution in [2.24, 2.45) is 0 Å². The van der Waals surface area contributed by atoms with Crippen LogP contribution < -0.4 is 5.73 Å². The molecule has 10 heteroatoms. The molecule has 0 spiro atoms. The minimum atomic E-state index is -3.07. The summed E-state index contributed by atoms with van der Waals surface area (Å²) in [6.07, 6.45) is 2.90. The van der Waals surface area contributed by atoms with Crippen molar-refractivity contribution in [2.45, 2.75) is 25.9 Å². The van der Waals surface area contributed by atoms with E-state index < -0.39 is 10.6 Å². The Morgan fingerprint density at radius 3 is 2.38 bits per heavy atom. The number of hydrogen-bond donors (Lipinski definition) is 3. The second-order valence-corrected chi connectivity index (χ2v) is 5.73. The minimum Gasteiger partial charge on any atom is -0.493 e. The number of methoxy groups -OCH3 is 1. The number of nitrogens with zero attached hydrogens (tertiary/aromatic N) is 5. The van der Waals surface area contributed by atoms with Gasteiger partial charge in [-0.1, -0.05) is 13.8 Å². The number of hydrogen-bond acceptors (Lipinski definition) is 8. The van der Waals surface area contributed by atoms with E-state index in [1.165, 1.54) is 17.9 Å². The van der Waals surface area contributed by atoms with Gasteiger partial charge in [-0.05, 0) is 13.0 Å². The van der Waals surface area contributed by atoms with Crippen LogP contribution >= 0.6 is 10.6 Å². The number of rotatable bonds is 3. The Hall–Kier alpha value is -1.91. The van der Waals surface area contributed by atoms with E-state index in [2.05, 4.69) is 20.1 Å². The smallest absolute Gasteiger partial charge is 0.259 e. The summed E-state index contributed by atoms with van der Waals surface area (Å²) >= 11 is 0. The number of ether oxygens (including phenoxy) is 1. The number of nitrogen functional groups attached to an aromatic ring is 1. The van der Waals surface area contributed by atoms with Gasteiger partial charge in [0.2, 0.25) is 16.9 Å². The molecule has 2 heterocycles. The van der Waals surface area contributed by atoms with Gasteiger partial charge in [0.1, 0.15) is 0 Å². The lowest BCUT2D eigenvalue weighted by Crippen LogP contribution is -2.09. The Labute approximate surface area is 124 Å². The summed E-state index contributed by atoms with van der Waals surface area (Å²) in [6.45, 7) is 5.77. The molecule has 0 aliphatic heterocycles. The largest absolute Gasteiger partial charge is 0.493 e.